The molecular formula is C12H19Cl2FN2. The van der Waals surface area contributed by atoms with Gasteiger partial charge in [0, 0.05) is 18.6 Å². The summed E-state index contributed by atoms with van der Waals surface area (Å²) in [5, 5.41) is 0.165. The van der Waals surface area contributed by atoms with Crippen molar-refractivity contribution in [3.05, 3.63) is 34.6 Å². The van der Waals surface area contributed by atoms with Crippen molar-refractivity contribution in [2.45, 2.75) is 25.9 Å². The molecule has 0 aliphatic rings. The highest BCUT2D eigenvalue weighted by Crippen LogP contribution is 2.17. The van der Waals surface area contributed by atoms with E-state index in [0.717, 1.165) is 12.1 Å². The minimum atomic E-state index is -0.382. The maximum atomic E-state index is 12.9. The van der Waals surface area contributed by atoms with E-state index in [1.165, 1.54) is 6.07 Å². The maximum Gasteiger partial charge on any atom is 0.141 e. The van der Waals surface area contributed by atoms with Crippen LogP contribution < -0.4 is 5.73 Å². The first-order valence-electron chi connectivity index (χ1n) is 5.19. The number of hydrogen-bond donors (Lipinski definition) is 1. The molecule has 0 radical (unpaired) electrons. The molecule has 5 heteroatoms. The molecule has 0 spiro atoms. The molecule has 0 heterocycles. The van der Waals surface area contributed by atoms with Gasteiger partial charge in [-0.1, -0.05) is 17.7 Å². The van der Waals surface area contributed by atoms with Gasteiger partial charge in [-0.25, -0.2) is 4.39 Å². The van der Waals surface area contributed by atoms with Crippen LogP contribution in [0.15, 0.2) is 18.2 Å². The molecule has 2 N–H and O–H groups in total. The second-order valence-corrected chi connectivity index (χ2v) is 5.32. The first-order valence-corrected chi connectivity index (χ1v) is 5.57. The summed E-state index contributed by atoms with van der Waals surface area (Å²) >= 11 is 5.71. The largest absolute Gasteiger partial charge is 0.324 e. The molecule has 17 heavy (non-hydrogen) atoms. The molecule has 98 valence electrons. The van der Waals surface area contributed by atoms with E-state index < -0.39 is 0 Å². The normalized spacial score (nSPS) is 11.5. The van der Waals surface area contributed by atoms with Crippen LogP contribution in [0, 0.1) is 5.82 Å². The summed E-state index contributed by atoms with van der Waals surface area (Å²) in [6.45, 7) is 5.42. The Morgan fingerprint density at radius 1 is 1.41 bits per heavy atom. The van der Waals surface area contributed by atoms with Crippen molar-refractivity contribution in [2.24, 2.45) is 5.73 Å². The highest BCUT2D eigenvalue weighted by molar-refractivity contribution is 6.30. The Kier molecular flexibility index (Phi) is 6.41. The molecule has 1 aromatic rings. The van der Waals surface area contributed by atoms with Gasteiger partial charge in [0.2, 0.25) is 0 Å². The second-order valence-electron chi connectivity index (χ2n) is 4.91. The van der Waals surface area contributed by atoms with E-state index in [1.807, 2.05) is 20.9 Å². The lowest BCUT2D eigenvalue weighted by atomic mass is 10.1. The summed E-state index contributed by atoms with van der Waals surface area (Å²) in [6, 6.07) is 4.78. The van der Waals surface area contributed by atoms with Crippen molar-refractivity contribution >= 4 is 24.0 Å². The average molecular weight is 281 g/mol. The van der Waals surface area contributed by atoms with Gasteiger partial charge in [-0.15, -0.1) is 12.4 Å². The number of halogens is 3. The van der Waals surface area contributed by atoms with E-state index in [9.17, 15) is 4.39 Å². The van der Waals surface area contributed by atoms with Gasteiger partial charge in [-0.3, -0.25) is 0 Å². The number of likely N-dealkylation sites (N-methyl/N-ethyl adjacent to an activating group) is 1. The first kappa shape index (κ1) is 16.6. The molecule has 0 aromatic heterocycles. The van der Waals surface area contributed by atoms with Crippen LogP contribution >= 0.6 is 24.0 Å². The third kappa shape index (κ3) is 6.22. The van der Waals surface area contributed by atoms with Crippen LogP contribution in [0.1, 0.15) is 19.4 Å². The second kappa shape index (κ2) is 6.55. The van der Waals surface area contributed by atoms with E-state index in [4.69, 9.17) is 17.3 Å². The predicted molar refractivity (Wildman–Crippen MR) is 73.3 cm³/mol. The van der Waals surface area contributed by atoms with Gasteiger partial charge in [0.25, 0.3) is 0 Å². The molecule has 2 nitrogen and oxygen atoms in total. The van der Waals surface area contributed by atoms with Crippen molar-refractivity contribution < 1.29 is 4.39 Å². The van der Waals surface area contributed by atoms with Crippen LogP contribution in [0.5, 0.6) is 0 Å². The SMILES string of the molecule is CN(Cc1ccc(F)c(Cl)c1)CC(C)(C)N.Cl. The Morgan fingerprint density at radius 2 is 2.00 bits per heavy atom. The Balaban J connectivity index is 0.00000256. The van der Waals surface area contributed by atoms with Crippen LogP contribution in [-0.2, 0) is 6.54 Å². The minimum Gasteiger partial charge on any atom is -0.324 e. The van der Waals surface area contributed by atoms with E-state index >= 15 is 0 Å². The fraction of sp³-hybridized carbons (Fsp3) is 0.500. The fourth-order valence-corrected chi connectivity index (χ4v) is 1.90. The summed E-state index contributed by atoms with van der Waals surface area (Å²) in [5.74, 6) is -0.382. The van der Waals surface area contributed by atoms with Gasteiger partial charge in [0.05, 0.1) is 5.02 Å². The van der Waals surface area contributed by atoms with Gasteiger partial charge in [-0.05, 0) is 38.6 Å². The molecular weight excluding hydrogens is 262 g/mol. The minimum absolute atomic E-state index is 0. The van der Waals surface area contributed by atoms with Crippen LogP contribution in [-0.4, -0.2) is 24.0 Å². The molecule has 0 saturated carbocycles. The topological polar surface area (TPSA) is 29.3 Å². The summed E-state index contributed by atoms with van der Waals surface area (Å²) in [5.41, 5.74) is 6.66. The number of benzene rings is 1. The number of hydrogen-bond acceptors (Lipinski definition) is 2. The van der Waals surface area contributed by atoms with Crippen LogP contribution in [0.2, 0.25) is 5.02 Å². The molecule has 0 aliphatic carbocycles. The quantitative estimate of drug-likeness (QED) is 0.919. The molecule has 0 atom stereocenters. The highest BCUT2D eigenvalue weighted by Gasteiger charge is 2.14. The third-order valence-corrected chi connectivity index (χ3v) is 2.40. The lowest BCUT2D eigenvalue weighted by Gasteiger charge is -2.26. The molecule has 0 unspecified atom stereocenters. The van der Waals surface area contributed by atoms with E-state index in [-0.39, 0.29) is 28.8 Å². The molecule has 0 fully saturated rings. The average Bonchev–Trinajstić information content (AvgIpc) is 2.08. The Labute approximate surface area is 113 Å². The maximum absolute atomic E-state index is 12.9. The van der Waals surface area contributed by atoms with Crippen LogP contribution in [0.4, 0.5) is 4.39 Å². The lowest BCUT2D eigenvalue weighted by molar-refractivity contribution is 0.263. The molecule has 1 aromatic carbocycles. The van der Waals surface area contributed by atoms with Crippen LogP contribution in [0.25, 0.3) is 0 Å². The standard InChI is InChI=1S/C12H18ClFN2.ClH/c1-12(2,15)8-16(3)7-9-4-5-11(14)10(13)6-9;/h4-6H,7-8,15H2,1-3H3;1H. The van der Waals surface area contributed by atoms with Crippen molar-refractivity contribution in [3.63, 3.8) is 0 Å². The Morgan fingerprint density at radius 3 is 2.47 bits per heavy atom. The summed E-state index contributed by atoms with van der Waals surface area (Å²) in [7, 11) is 1.98. The van der Waals surface area contributed by atoms with E-state index in [2.05, 4.69) is 4.90 Å². The van der Waals surface area contributed by atoms with Crippen molar-refractivity contribution in [1.29, 1.82) is 0 Å². The lowest BCUT2D eigenvalue weighted by Crippen LogP contribution is -2.43. The smallest absolute Gasteiger partial charge is 0.141 e. The van der Waals surface area contributed by atoms with Gasteiger partial charge < -0.3 is 10.6 Å². The highest BCUT2D eigenvalue weighted by atomic mass is 35.5. The molecule has 0 amide bonds. The number of rotatable bonds is 4. The van der Waals surface area contributed by atoms with Crippen molar-refractivity contribution in [3.8, 4) is 0 Å². The van der Waals surface area contributed by atoms with E-state index in [0.29, 0.717) is 6.54 Å². The molecule has 0 bridgehead atoms. The monoisotopic (exact) mass is 280 g/mol. The Hall–Kier alpha value is -0.350. The number of nitrogens with two attached hydrogens (primary N) is 1. The summed E-state index contributed by atoms with van der Waals surface area (Å²) < 4.78 is 12.9. The summed E-state index contributed by atoms with van der Waals surface area (Å²) in [6.07, 6.45) is 0. The Bertz CT molecular complexity index is 364. The summed E-state index contributed by atoms with van der Waals surface area (Å²) in [4.78, 5) is 2.09. The van der Waals surface area contributed by atoms with Gasteiger partial charge in [0.1, 0.15) is 5.82 Å². The predicted octanol–water partition coefficient (Wildman–Crippen LogP) is 3.07. The van der Waals surface area contributed by atoms with Gasteiger partial charge in [0.15, 0.2) is 0 Å². The fourth-order valence-electron chi connectivity index (χ4n) is 1.70. The van der Waals surface area contributed by atoms with Crippen molar-refractivity contribution in [2.75, 3.05) is 13.6 Å². The first-order chi connectivity index (χ1) is 7.28. The van der Waals surface area contributed by atoms with Crippen molar-refractivity contribution in [1.82, 2.24) is 4.90 Å². The van der Waals surface area contributed by atoms with Crippen LogP contribution in [0.3, 0.4) is 0 Å². The molecule has 0 aliphatic heterocycles. The zero-order chi connectivity index (χ0) is 12.3. The zero-order valence-electron chi connectivity index (χ0n) is 10.3. The number of nitrogens with zero attached hydrogens (tertiary/aromatic N) is 1. The zero-order valence-corrected chi connectivity index (χ0v) is 11.9. The molecule has 0 saturated heterocycles. The van der Waals surface area contributed by atoms with Gasteiger partial charge in [-0.2, -0.15) is 0 Å². The van der Waals surface area contributed by atoms with E-state index in [1.54, 1.807) is 12.1 Å². The third-order valence-electron chi connectivity index (χ3n) is 2.11. The molecule has 1 rings (SSSR count). The van der Waals surface area contributed by atoms with Gasteiger partial charge >= 0.3 is 0 Å².